The summed E-state index contributed by atoms with van der Waals surface area (Å²) < 4.78 is 33.4. The van der Waals surface area contributed by atoms with Crippen molar-refractivity contribution in [2.75, 3.05) is 36.8 Å². The lowest BCUT2D eigenvalue weighted by Gasteiger charge is -2.35. The summed E-state index contributed by atoms with van der Waals surface area (Å²) >= 11 is 0. The second-order valence-electron chi connectivity index (χ2n) is 10.3. The Morgan fingerprint density at radius 2 is 1.65 bits per heavy atom. The number of hydrogen-bond acceptors (Lipinski definition) is 8. The summed E-state index contributed by atoms with van der Waals surface area (Å²) in [6.07, 6.45) is 4.95. The highest BCUT2D eigenvalue weighted by Crippen LogP contribution is 2.28. The number of urea groups is 1. The maximum atomic E-state index is 14.8. The molecule has 0 spiro atoms. The molecule has 1 aromatic heterocycles. The first-order valence-electron chi connectivity index (χ1n) is 14.1. The molecule has 3 heterocycles. The van der Waals surface area contributed by atoms with Crippen LogP contribution in [0, 0.1) is 11.6 Å². The maximum absolute atomic E-state index is 14.8. The molecule has 0 unspecified atom stereocenters. The van der Waals surface area contributed by atoms with Crippen molar-refractivity contribution >= 4 is 29.5 Å². The van der Waals surface area contributed by atoms with Gasteiger partial charge in [0.25, 0.3) is 0 Å². The highest BCUT2D eigenvalue weighted by Gasteiger charge is 2.28. The Balaban J connectivity index is 1.08. The van der Waals surface area contributed by atoms with Crippen LogP contribution >= 0.6 is 0 Å². The molecule has 3 aromatic rings. The normalized spacial score (nSPS) is 16.0. The Morgan fingerprint density at radius 3 is 2.37 bits per heavy atom. The van der Waals surface area contributed by atoms with Crippen molar-refractivity contribution in [2.45, 2.75) is 38.1 Å². The predicted molar refractivity (Wildman–Crippen MR) is 153 cm³/mol. The summed E-state index contributed by atoms with van der Waals surface area (Å²) in [5.41, 5.74) is 0.611. The molecular formula is C30H32F2N6O5. The third-order valence-corrected chi connectivity index (χ3v) is 7.20. The molecule has 2 fully saturated rings. The van der Waals surface area contributed by atoms with E-state index in [1.807, 2.05) is 0 Å². The fraction of sp³-hybridized carbons (Fsp3) is 0.333. The molecule has 13 heteroatoms. The number of rotatable bonds is 8. The van der Waals surface area contributed by atoms with Crippen molar-refractivity contribution in [3.8, 4) is 11.5 Å². The van der Waals surface area contributed by atoms with Crippen LogP contribution in [0.15, 0.2) is 60.8 Å². The van der Waals surface area contributed by atoms with Crippen molar-refractivity contribution in [3.05, 3.63) is 78.0 Å². The molecule has 2 saturated heterocycles. The second kappa shape index (κ2) is 14.0. The molecule has 2 aliphatic heterocycles. The third kappa shape index (κ3) is 8.69. The molecule has 0 aliphatic carbocycles. The number of aromatic nitrogens is 1. The standard InChI is InChI=1S/C30H32F2N6O5/c31-21-5-3-20(4-6-21)17-28(39)36-29(40)34-22-7-8-26(25(32)18-22)42-24-9-12-33-27(19-24)35-30(41)43-38-15-10-23(11-16-38)37-13-1-2-14-37/h3-9,12,18-19,23H,1-2,10-11,13-17H2,(H,33,35,41)(H2,34,36,39,40). The number of ether oxygens (including phenoxy) is 1. The number of amides is 4. The number of anilines is 2. The third-order valence-electron chi connectivity index (χ3n) is 7.20. The van der Waals surface area contributed by atoms with Crippen LogP contribution in [0.25, 0.3) is 0 Å². The van der Waals surface area contributed by atoms with Crippen molar-refractivity contribution in [1.29, 1.82) is 0 Å². The Labute approximate surface area is 247 Å². The number of carbonyl (C=O) groups is 3. The van der Waals surface area contributed by atoms with Gasteiger partial charge in [-0.15, -0.1) is 5.06 Å². The van der Waals surface area contributed by atoms with Crippen molar-refractivity contribution in [3.63, 3.8) is 0 Å². The van der Waals surface area contributed by atoms with Gasteiger partial charge in [0, 0.05) is 43.1 Å². The SMILES string of the molecule is O=C(Cc1ccc(F)cc1)NC(=O)Nc1ccc(Oc2ccnc(NC(=O)ON3CCC(N4CCCC4)CC3)c2)c(F)c1. The van der Waals surface area contributed by atoms with E-state index < -0.39 is 29.7 Å². The number of benzene rings is 2. The Morgan fingerprint density at radius 1 is 0.907 bits per heavy atom. The molecule has 226 valence electrons. The van der Waals surface area contributed by atoms with Crippen LogP contribution in [-0.2, 0) is 16.1 Å². The van der Waals surface area contributed by atoms with Crippen LogP contribution in [0.3, 0.4) is 0 Å². The number of halogens is 2. The lowest BCUT2D eigenvalue weighted by molar-refractivity contribution is -0.119. The van der Waals surface area contributed by atoms with E-state index in [0.717, 1.165) is 32.0 Å². The van der Waals surface area contributed by atoms with Gasteiger partial charge in [0.05, 0.1) is 6.42 Å². The molecule has 5 rings (SSSR count). The van der Waals surface area contributed by atoms with Gasteiger partial charge in [-0.3, -0.25) is 15.4 Å². The van der Waals surface area contributed by atoms with Gasteiger partial charge in [0.15, 0.2) is 11.6 Å². The quantitative estimate of drug-likeness (QED) is 0.330. The number of pyridine rings is 1. The van der Waals surface area contributed by atoms with Crippen LogP contribution in [0.2, 0.25) is 0 Å². The zero-order valence-corrected chi connectivity index (χ0v) is 23.4. The number of likely N-dealkylation sites (tertiary alicyclic amines) is 1. The van der Waals surface area contributed by atoms with Crippen molar-refractivity contribution < 1.29 is 32.7 Å². The van der Waals surface area contributed by atoms with Gasteiger partial charge in [-0.2, -0.15) is 0 Å². The summed E-state index contributed by atoms with van der Waals surface area (Å²) in [6.45, 7) is 3.59. The zero-order chi connectivity index (χ0) is 30.2. The summed E-state index contributed by atoms with van der Waals surface area (Å²) in [5, 5.41) is 8.72. The van der Waals surface area contributed by atoms with Crippen molar-refractivity contribution in [2.24, 2.45) is 0 Å². The van der Waals surface area contributed by atoms with Gasteiger partial charge < -0.3 is 19.8 Å². The number of carbonyl (C=O) groups excluding carboxylic acids is 3. The molecule has 4 amide bonds. The fourth-order valence-electron chi connectivity index (χ4n) is 5.10. The minimum absolute atomic E-state index is 0.0845. The van der Waals surface area contributed by atoms with E-state index >= 15 is 0 Å². The molecule has 2 aliphatic rings. The van der Waals surface area contributed by atoms with Crippen LogP contribution in [0.4, 0.5) is 29.9 Å². The Hall–Kier alpha value is -4.62. The molecule has 11 nitrogen and oxygen atoms in total. The van der Waals surface area contributed by atoms with Crippen LogP contribution < -0.4 is 20.7 Å². The number of piperidine rings is 1. The lowest BCUT2D eigenvalue weighted by atomic mass is 10.1. The summed E-state index contributed by atoms with van der Waals surface area (Å²) in [5.74, 6) is -1.60. The second-order valence-corrected chi connectivity index (χ2v) is 10.3. The van der Waals surface area contributed by atoms with Crippen LogP contribution in [0.5, 0.6) is 11.5 Å². The van der Waals surface area contributed by atoms with E-state index in [9.17, 15) is 23.2 Å². The number of hydrogen-bond donors (Lipinski definition) is 3. The first kappa shape index (κ1) is 29.9. The highest BCUT2D eigenvalue weighted by molar-refractivity contribution is 6.01. The number of hydroxylamine groups is 2. The maximum Gasteiger partial charge on any atom is 0.431 e. The van der Waals surface area contributed by atoms with Gasteiger partial charge in [-0.25, -0.2) is 23.4 Å². The summed E-state index contributed by atoms with van der Waals surface area (Å²) in [6, 6.07) is 11.6. The molecule has 0 saturated carbocycles. The van der Waals surface area contributed by atoms with Gasteiger partial charge >= 0.3 is 12.1 Å². The predicted octanol–water partition coefficient (Wildman–Crippen LogP) is 5.07. The Kier molecular flexibility index (Phi) is 9.74. The van der Waals surface area contributed by atoms with E-state index in [4.69, 9.17) is 9.57 Å². The molecule has 0 radical (unpaired) electrons. The number of nitrogens with one attached hydrogen (secondary N) is 3. The van der Waals surface area contributed by atoms with E-state index in [-0.39, 0.29) is 29.4 Å². The number of imide groups is 1. The van der Waals surface area contributed by atoms with E-state index in [2.05, 4.69) is 25.8 Å². The average Bonchev–Trinajstić information content (AvgIpc) is 3.51. The molecule has 43 heavy (non-hydrogen) atoms. The topological polar surface area (TPSA) is 125 Å². The summed E-state index contributed by atoms with van der Waals surface area (Å²) in [4.78, 5) is 48.7. The van der Waals surface area contributed by atoms with Gasteiger partial charge in [0.2, 0.25) is 5.91 Å². The minimum Gasteiger partial charge on any atom is -0.454 e. The van der Waals surface area contributed by atoms with E-state index in [0.29, 0.717) is 24.7 Å². The first-order chi connectivity index (χ1) is 20.8. The van der Waals surface area contributed by atoms with E-state index in [1.165, 1.54) is 67.6 Å². The lowest BCUT2D eigenvalue weighted by Crippen LogP contribution is -2.44. The zero-order valence-electron chi connectivity index (χ0n) is 23.4. The van der Waals surface area contributed by atoms with Crippen molar-refractivity contribution in [1.82, 2.24) is 20.3 Å². The molecule has 0 bridgehead atoms. The number of nitrogens with zero attached hydrogens (tertiary/aromatic N) is 3. The molecule has 3 N–H and O–H groups in total. The molecule has 2 aromatic carbocycles. The average molecular weight is 595 g/mol. The highest BCUT2D eigenvalue weighted by atomic mass is 19.1. The first-order valence-corrected chi connectivity index (χ1v) is 14.1. The van der Waals surface area contributed by atoms with E-state index in [1.54, 1.807) is 5.06 Å². The van der Waals surface area contributed by atoms with Crippen LogP contribution in [-0.4, -0.2) is 65.2 Å². The monoisotopic (exact) mass is 594 g/mol. The Bertz CT molecular complexity index is 1440. The largest absolute Gasteiger partial charge is 0.454 e. The van der Waals surface area contributed by atoms with Gasteiger partial charge in [-0.05, 0) is 74.7 Å². The van der Waals surface area contributed by atoms with Crippen LogP contribution in [0.1, 0.15) is 31.2 Å². The smallest absolute Gasteiger partial charge is 0.431 e. The minimum atomic E-state index is -0.854. The fourth-order valence-corrected chi connectivity index (χ4v) is 5.10. The summed E-state index contributed by atoms with van der Waals surface area (Å²) in [7, 11) is 0. The molecule has 0 atom stereocenters. The molecular weight excluding hydrogens is 562 g/mol. The van der Waals surface area contributed by atoms with Gasteiger partial charge in [-0.1, -0.05) is 12.1 Å². The van der Waals surface area contributed by atoms with Gasteiger partial charge in [0.1, 0.15) is 17.4 Å².